The van der Waals surface area contributed by atoms with E-state index in [0.717, 1.165) is 0 Å². The molecule has 0 aliphatic heterocycles. The minimum absolute atomic E-state index is 0.00349. The molecule has 0 atom stereocenters. The van der Waals surface area contributed by atoms with E-state index in [9.17, 15) is 13.2 Å². The van der Waals surface area contributed by atoms with Gasteiger partial charge in [-0.15, -0.1) is 0 Å². The van der Waals surface area contributed by atoms with Gasteiger partial charge in [-0.2, -0.15) is 0 Å². The van der Waals surface area contributed by atoms with Crippen LogP contribution in [0.2, 0.25) is 0 Å². The number of amides is 1. The Morgan fingerprint density at radius 1 is 1.43 bits per heavy atom. The van der Waals surface area contributed by atoms with Gasteiger partial charge in [-0.25, -0.2) is 13.1 Å². The summed E-state index contributed by atoms with van der Waals surface area (Å²) in [5, 5.41) is 2.65. The average Bonchev–Trinajstić information content (AvgIpc) is 2.34. The summed E-state index contributed by atoms with van der Waals surface area (Å²) < 4.78 is 26.6. The fraction of sp³-hybridized carbons (Fsp3) is 0.417. The van der Waals surface area contributed by atoms with Gasteiger partial charge in [0.05, 0.1) is 6.54 Å². The largest absolute Gasteiger partial charge is 0.388 e. The minimum atomic E-state index is -3.93. The molecule has 1 aromatic rings. The summed E-state index contributed by atoms with van der Waals surface area (Å²) in [5.41, 5.74) is 5.00. The Hall–Kier alpha value is -1.58. The molecule has 0 aliphatic rings. The number of carbonyl (C=O) groups excluding carboxylic acids is 1. The summed E-state index contributed by atoms with van der Waals surface area (Å²) in [5.74, 6) is -0.438. The Labute approximate surface area is 129 Å². The van der Waals surface area contributed by atoms with Crippen molar-refractivity contribution in [3.63, 3.8) is 0 Å². The Kier molecular flexibility index (Phi) is 5.37. The van der Waals surface area contributed by atoms with E-state index in [0.29, 0.717) is 0 Å². The molecule has 0 spiro atoms. The molecule has 1 rings (SSSR count). The third kappa shape index (κ3) is 5.37. The molecule has 7 nitrogen and oxygen atoms in total. The van der Waals surface area contributed by atoms with Gasteiger partial charge in [0.1, 0.15) is 15.6 Å². The SMILES string of the molecule is CC(C)(C)NC(=O)CNS(=O)(=O)c1cccnc1C(N)=S. The van der Waals surface area contributed by atoms with Crippen LogP contribution in [0.25, 0.3) is 0 Å². The number of nitrogens with zero attached hydrogens (tertiary/aromatic N) is 1. The molecule has 1 amide bonds. The van der Waals surface area contributed by atoms with Gasteiger partial charge in [0, 0.05) is 11.7 Å². The number of hydrogen-bond donors (Lipinski definition) is 3. The highest BCUT2D eigenvalue weighted by Crippen LogP contribution is 2.12. The summed E-state index contributed by atoms with van der Waals surface area (Å²) in [6.45, 7) is 5.01. The maximum atomic E-state index is 12.2. The van der Waals surface area contributed by atoms with Gasteiger partial charge in [-0.1, -0.05) is 12.2 Å². The molecule has 0 radical (unpaired) electrons. The molecule has 4 N–H and O–H groups in total. The zero-order valence-electron chi connectivity index (χ0n) is 12.0. The zero-order valence-corrected chi connectivity index (χ0v) is 13.6. The number of aromatic nitrogens is 1. The Balaban J connectivity index is 2.89. The van der Waals surface area contributed by atoms with Gasteiger partial charge in [-0.3, -0.25) is 9.78 Å². The van der Waals surface area contributed by atoms with Crippen molar-refractivity contribution in [2.45, 2.75) is 31.2 Å². The maximum Gasteiger partial charge on any atom is 0.243 e. The van der Waals surface area contributed by atoms with Crippen molar-refractivity contribution in [3.8, 4) is 0 Å². The van der Waals surface area contributed by atoms with Gasteiger partial charge in [-0.05, 0) is 32.9 Å². The molecular weight excluding hydrogens is 312 g/mol. The third-order valence-electron chi connectivity index (χ3n) is 2.23. The second-order valence-electron chi connectivity index (χ2n) is 5.34. The van der Waals surface area contributed by atoms with Crippen LogP contribution in [0.3, 0.4) is 0 Å². The van der Waals surface area contributed by atoms with Crippen LogP contribution >= 0.6 is 12.2 Å². The molecule has 116 valence electrons. The highest BCUT2D eigenvalue weighted by atomic mass is 32.2. The molecule has 0 saturated carbocycles. The summed E-state index contributed by atoms with van der Waals surface area (Å²) >= 11 is 4.77. The molecule has 0 aromatic carbocycles. The van der Waals surface area contributed by atoms with Crippen LogP contribution in [0, 0.1) is 0 Å². The number of carbonyl (C=O) groups is 1. The molecular formula is C12H18N4O3S2. The first-order valence-corrected chi connectivity index (χ1v) is 7.97. The van der Waals surface area contributed by atoms with E-state index < -0.39 is 21.5 Å². The maximum absolute atomic E-state index is 12.2. The molecule has 1 aromatic heterocycles. The lowest BCUT2D eigenvalue weighted by Crippen LogP contribution is -2.46. The van der Waals surface area contributed by atoms with E-state index in [4.69, 9.17) is 18.0 Å². The van der Waals surface area contributed by atoms with E-state index in [1.165, 1.54) is 18.3 Å². The highest BCUT2D eigenvalue weighted by molar-refractivity contribution is 7.89. The molecule has 21 heavy (non-hydrogen) atoms. The first-order chi connectivity index (χ1) is 9.53. The lowest BCUT2D eigenvalue weighted by atomic mass is 10.1. The van der Waals surface area contributed by atoms with Crippen LogP contribution in [-0.2, 0) is 14.8 Å². The van der Waals surface area contributed by atoms with Crippen LogP contribution in [-0.4, -0.2) is 36.4 Å². The first-order valence-electron chi connectivity index (χ1n) is 6.08. The quantitative estimate of drug-likeness (QED) is 0.650. The predicted molar refractivity (Wildman–Crippen MR) is 83.2 cm³/mol. The van der Waals surface area contributed by atoms with Gasteiger partial charge >= 0.3 is 0 Å². The van der Waals surface area contributed by atoms with Crippen molar-refractivity contribution in [1.29, 1.82) is 0 Å². The molecule has 0 bridgehead atoms. The monoisotopic (exact) mass is 330 g/mol. The summed E-state index contributed by atoms with van der Waals surface area (Å²) in [4.78, 5) is 15.2. The fourth-order valence-corrected chi connectivity index (χ4v) is 2.87. The third-order valence-corrected chi connectivity index (χ3v) is 3.86. The molecule has 0 fully saturated rings. The van der Waals surface area contributed by atoms with Gasteiger partial charge < -0.3 is 11.1 Å². The number of thiocarbonyl (C=S) groups is 1. The Morgan fingerprint density at radius 2 is 2.05 bits per heavy atom. The summed E-state index contributed by atoms with van der Waals surface area (Å²) in [7, 11) is -3.93. The molecule has 0 aliphatic carbocycles. The van der Waals surface area contributed by atoms with E-state index >= 15 is 0 Å². The first kappa shape index (κ1) is 17.5. The molecule has 0 unspecified atom stereocenters. The smallest absolute Gasteiger partial charge is 0.243 e. The number of nitrogens with one attached hydrogen (secondary N) is 2. The van der Waals surface area contributed by atoms with E-state index in [2.05, 4.69) is 15.0 Å². The molecule has 1 heterocycles. The minimum Gasteiger partial charge on any atom is -0.388 e. The standard InChI is InChI=1S/C12H18N4O3S2/c1-12(2,3)16-9(17)7-15-21(18,19)8-5-4-6-14-10(8)11(13)20/h4-6,15H,7H2,1-3H3,(H2,13,20)(H,16,17). The highest BCUT2D eigenvalue weighted by Gasteiger charge is 2.22. The van der Waals surface area contributed by atoms with Crippen molar-refractivity contribution in [3.05, 3.63) is 24.0 Å². The predicted octanol–water partition coefficient (Wildman–Crippen LogP) is -0.0912. The second kappa shape index (κ2) is 6.46. The van der Waals surface area contributed by atoms with Gasteiger partial charge in [0.15, 0.2) is 0 Å². The average molecular weight is 330 g/mol. The number of hydrogen-bond acceptors (Lipinski definition) is 5. The lowest BCUT2D eigenvalue weighted by Gasteiger charge is -2.20. The van der Waals surface area contributed by atoms with Crippen molar-refractivity contribution in [2.75, 3.05) is 6.54 Å². The van der Waals surface area contributed by atoms with Crippen molar-refractivity contribution in [2.24, 2.45) is 5.73 Å². The Bertz CT molecular complexity index is 651. The van der Waals surface area contributed by atoms with Crippen LogP contribution in [0.5, 0.6) is 0 Å². The second-order valence-corrected chi connectivity index (χ2v) is 7.51. The number of rotatable bonds is 5. The fourth-order valence-electron chi connectivity index (χ4n) is 1.49. The van der Waals surface area contributed by atoms with Crippen LogP contribution in [0.4, 0.5) is 0 Å². The number of pyridine rings is 1. The Morgan fingerprint density at radius 3 is 2.57 bits per heavy atom. The lowest BCUT2D eigenvalue weighted by molar-refractivity contribution is -0.121. The van der Waals surface area contributed by atoms with Gasteiger partial charge in [0.2, 0.25) is 15.9 Å². The van der Waals surface area contributed by atoms with E-state index in [1.54, 1.807) is 20.8 Å². The van der Waals surface area contributed by atoms with E-state index in [1.807, 2.05) is 0 Å². The molecule has 0 saturated heterocycles. The normalized spacial score (nSPS) is 12.0. The summed E-state index contributed by atoms with van der Waals surface area (Å²) in [6.07, 6.45) is 1.39. The number of sulfonamides is 1. The number of nitrogens with two attached hydrogens (primary N) is 1. The van der Waals surface area contributed by atoms with Crippen LogP contribution in [0.1, 0.15) is 26.5 Å². The van der Waals surface area contributed by atoms with Crippen LogP contribution in [0.15, 0.2) is 23.2 Å². The molecule has 9 heteroatoms. The van der Waals surface area contributed by atoms with Crippen molar-refractivity contribution in [1.82, 2.24) is 15.0 Å². The van der Waals surface area contributed by atoms with E-state index in [-0.39, 0.29) is 22.1 Å². The van der Waals surface area contributed by atoms with Crippen molar-refractivity contribution < 1.29 is 13.2 Å². The van der Waals surface area contributed by atoms with Gasteiger partial charge in [0.25, 0.3) is 0 Å². The zero-order chi connectivity index (χ0) is 16.3. The van der Waals surface area contributed by atoms with Crippen LogP contribution < -0.4 is 15.8 Å². The topological polar surface area (TPSA) is 114 Å². The van der Waals surface area contributed by atoms with Crippen molar-refractivity contribution >= 4 is 33.1 Å². The summed E-state index contributed by atoms with van der Waals surface area (Å²) in [6, 6.07) is 2.77.